The second kappa shape index (κ2) is 3.22. The predicted octanol–water partition coefficient (Wildman–Crippen LogP) is 0.693. The van der Waals surface area contributed by atoms with E-state index in [2.05, 4.69) is 24.0 Å². The van der Waals surface area contributed by atoms with Crippen molar-refractivity contribution >= 4 is 16.8 Å². The fraction of sp³-hybridized carbons (Fsp3) is 0.833. The van der Waals surface area contributed by atoms with E-state index in [-0.39, 0.29) is 0 Å². The molecule has 1 rings (SSSR count). The Balaban J connectivity index is 2.26. The van der Waals surface area contributed by atoms with Crippen molar-refractivity contribution in [3.8, 4) is 0 Å². The summed E-state index contributed by atoms with van der Waals surface area (Å²) in [5, 5.41) is 1.29. The zero-order valence-electron chi connectivity index (χ0n) is 5.92. The molecule has 0 aromatic carbocycles. The van der Waals surface area contributed by atoms with E-state index in [4.69, 9.17) is 0 Å². The Bertz CT molecular complexity index is 120. The second-order valence-corrected chi connectivity index (χ2v) is 3.53. The normalized spacial score (nSPS) is 18.8. The van der Waals surface area contributed by atoms with Crippen LogP contribution in [0, 0.1) is 0 Å². The summed E-state index contributed by atoms with van der Waals surface area (Å²) in [7, 11) is 4.14. The number of nitrogens with zero attached hydrogens (tertiary/aromatic N) is 2. The van der Waals surface area contributed by atoms with Crippen molar-refractivity contribution in [1.29, 1.82) is 0 Å². The fourth-order valence-electron chi connectivity index (χ4n) is 0.746. The van der Waals surface area contributed by atoms with E-state index < -0.39 is 0 Å². The zero-order valence-corrected chi connectivity index (χ0v) is 6.74. The maximum absolute atomic E-state index is 4.31. The highest BCUT2D eigenvalue weighted by Crippen LogP contribution is 2.11. The number of hydrogen-bond acceptors (Lipinski definition) is 3. The van der Waals surface area contributed by atoms with E-state index >= 15 is 0 Å². The third kappa shape index (κ3) is 2.37. The van der Waals surface area contributed by atoms with Gasteiger partial charge in [0.05, 0.1) is 5.04 Å². The molecule has 0 saturated heterocycles. The van der Waals surface area contributed by atoms with Crippen molar-refractivity contribution in [3.63, 3.8) is 0 Å². The average Bonchev–Trinajstić information content (AvgIpc) is 2.15. The molecule has 0 atom stereocenters. The molecule has 1 aliphatic heterocycles. The first-order valence-corrected chi connectivity index (χ1v) is 4.08. The smallest absolute Gasteiger partial charge is 0.0817 e. The van der Waals surface area contributed by atoms with Gasteiger partial charge in [-0.15, -0.1) is 11.8 Å². The molecule has 0 aromatic rings. The summed E-state index contributed by atoms with van der Waals surface area (Å²) < 4.78 is 0. The van der Waals surface area contributed by atoms with Crippen LogP contribution in [0.3, 0.4) is 0 Å². The molecule has 0 aliphatic carbocycles. The molecule has 0 aromatic heterocycles. The van der Waals surface area contributed by atoms with Crippen molar-refractivity contribution < 1.29 is 0 Å². The number of hydrogen-bond donors (Lipinski definition) is 0. The lowest BCUT2D eigenvalue weighted by atomic mass is 10.6. The molecule has 0 fully saturated rings. The van der Waals surface area contributed by atoms with Gasteiger partial charge in [-0.05, 0) is 14.1 Å². The SMILES string of the molecule is CN(C)CC1=NCCS1. The standard InChI is InChI=1S/C6H12N2S/c1-8(2)5-6-7-3-4-9-6/h3-5H2,1-2H3. The van der Waals surface area contributed by atoms with Gasteiger partial charge in [-0.1, -0.05) is 0 Å². The van der Waals surface area contributed by atoms with Crippen molar-refractivity contribution in [2.24, 2.45) is 4.99 Å². The van der Waals surface area contributed by atoms with Gasteiger partial charge in [-0.2, -0.15) is 0 Å². The lowest BCUT2D eigenvalue weighted by molar-refractivity contribution is 0.472. The summed E-state index contributed by atoms with van der Waals surface area (Å²) in [6, 6.07) is 0. The average molecular weight is 144 g/mol. The molecule has 52 valence electrons. The summed E-state index contributed by atoms with van der Waals surface area (Å²) in [6.07, 6.45) is 0. The van der Waals surface area contributed by atoms with Crippen molar-refractivity contribution in [2.75, 3.05) is 32.9 Å². The third-order valence-electron chi connectivity index (χ3n) is 1.10. The van der Waals surface area contributed by atoms with Gasteiger partial charge in [0.1, 0.15) is 0 Å². The third-order valence-corrected chi connectivity index (χ3v) is 2.08. The summed E-state index contributed by atoms with van der Waals surface area (Å²) in [5.41, 5.74) is 0. The van der Waals surface area contributed by atoms with Crippen LogP contribution in [0.1, 0.15) is 0 Å². The van der Waals surface area contributed by atoms with Crippen LogP contribution in [0.15, 0.2) is 4.99 Å². The number of thioether (sulfide) groups is 1. The Morgan fingerprint density at radius 2 is 2.44 bits per heavy atom. The zero-order chi connectivity index (χ0) is 6.69. The highest BCUT2D eigenvalue weighted by atomic mass is 32.2. The summed E-state index contributed by atoms with van der Waals surface area (Å²) in [4.78, 5) is 6.46. The van der Waals surface area contributed by atoms with Crippen LogP contribution in [-0.2, 0) is 0 Å². The largest absolute Gasteiger partial charge is 0.303 e. The highest BCUT2D eigenvalue weighted by Gasteiger charge is 2.06. The molecule has 9 heavy (non-hydrogen) atoms. The minimum Gasteiger partial charge on any atom is -0.303 e. The molecule has 0 radical (unpaired) electrons. The van der Waals surface area contributed by atoms with Gasteiger partial charge >= 0.3 is 0 Å². The molecule has 0 unspecified atom stereocenters. The topological polar surface area (TPSA) is 15.6 Å². The lowest BCUT2D eigenvalue weighted by Gasteiger charge is -2.06. The highest BCUT2D eigenvalue weighted by molar-refractivity contribution is 8.14. The van der Waals surface area contributed by atoms with Gasteiger partial charge in [0.2, 0.25) is 0 Å². The molecule has 0 N–H and O–H groups in total. The van der Waals surface area contributed by atoms with Crippen molar-refractivity contribution in [3.05, 3.63) is 0 Å². The fourth-order valence-corrected chi connectivity index (χ4v) is 1.70. The van der Waals surface area contributed by atoms with Crippen LogP contribution in [0.5, 0.6) is 0 Å². The second-order valence-electron chi connectivity index (χ2n) is 2.36. The summed E-state index contributed by atoms with van der Waals surface area (Å²) in [6.45, 7) is 2.04. The molecule has 1 heterocycles. The van der Waals surface area contributed by atoms with E-state index in [0.717, 1.165) is 13.1 Å². The van der Waals surface area contributed by atoms with Crippen LogP contribution in [0.25, 0.3) is 0 Å². The Morgan fingerprint density at radius 1 is 1.67 bits per heavy atom. The van der Waals surface area contributed by atoms with E-state index in [0.29, 0.717) is 0 Å². The van der Waals surface area contributed by atoms with Crippen LogP contribution in [0.2, 0.25) is 0 Å². The van der Waals surface area contributed by atoms with Crippen LogP contribution < -0.4 is 0 Å². The first-order chi connectivity index (χ1) is 4.29. The summed E-state index contributed by atoms with van der Waals surface area (Å²) in [5.74, 6) is 1.18. The van der Waals surface area contributed by atoms with Crippen LogP contribution >= 0.6 is 11.8 Å². The van der Waals surface area contributed by atoms with Gasteiger partial charge < -0.3 is 4.90 Å². The van der Waals surface area contributed by atoms with Crippen LogP contribution in [-0.4, -0.2) is 42.9 Å². The van der Waals surface area contributed by atoms with Crippen molar-refractivity contribution in [1.82, 2.24) is 4.90 Å². The van der Waals surface area contributed by atoms with Gasteiger partial charge in [0.25, 0.3) is 0 Å². The minimum atomic E-state index is 1.02. The quantitative estimate of drug-likeness (QED) is 0.567. The van der Waals surface area contributed by atoms with E-state index in [1.165, 1.54) is 10.8 Å². The van der Waals surface area contributed by atoms with Gasteiger partial charge in [0, 0.05) is 18.8 Å². The first kappa shape index (κ1) is 7.09. The Hall–Kier alpha value is -0.0200. The van der Waals surface area contributed by atoms with Gasteiger partial charge in [-0.3, -0.25) is 4.99 Å². The minimum absolute atomic E-state index is 1.02. The molecule has 0 bridgehead atoms. The molecule has 0 amide bonds. The number of aliphatic imine (C=N–C) groups is 1. The molecule has 3 heteroatoms. The van der Waals surface area contributed by atoms with Gasteiger partial charge in [-0.25, -0.2) is 0 Å². The maximum atomic E-state index is 4.31. The first-order valence-electron chi connectivity index (χ1n) is 3.10. The molecular weight excluding hydrogens is 132 g/mol. The Kier molecular flexibility index (Phi) is 2.54. The molecule has 1 aliphatic rings. The van der Waals surface area contributed by atoms with E-state index in [9.17, 15) is 0 Å². The monoisotopic (exact) mass is 144 g/mol. The molecule has 2 nitrogen and oxygen atoms in total. The predicted molar refractivity (Wildman–Crippen MR) is 43.3 cm³/mol. The lowest BCUT2D eigenvalue weighted by Crippen LogP contribution is -2.18. The van der Waals surface area contributed by atoms with E-state index in [1.54, 1.807) is 0 Å². The number of rotatable bonds is 2. The van der Waals surface area contributed by atoms with E-state index in [1.807, 2.05) is 11.8 Å². The van der Waals surface area contributed by atoms with Crippen LogP contribution in [0.4, 0.5) is 0 Å². The van der Waals surface area contributed by atoms with Gasteiger partial charge in [0.15, 0.2) is 0 Å². The molecule has 0 saturated carbocycles. The maximum Gasteiger partial charge on any atom is 0.0817 e. The molecular formula is C6H12N2S. The van der Waals surface area contributed by atoms with Crippen molar-refractivity contribution in [2.45, 2.75) is 0 Å². The Labute approximate surface area is 60.3 Å². The Morgan fingerprint density at radius 3 is 2.89 bits per heavy atom. The molecule has 0 spiro atoms. The summed E-state index contributed by atoms with van der Waals surface area (Å²) >= 11 is 1.88.